The van der Waals surface area contributed by atoms with E-state index in [1.54, 1.807) is 6.07 Å². The van der Waals surface area contributed by atoms with Crippen LogP contribution in [-0.4, -0.2) is 11.7 Å². The quantitative estimate of drug-likeness (QED) is 0.887. The maximum Gasteiger partial charge on any atom is 0.119 e. The van der Waals surface area contributed by atoms with E-state index < -0.39 is 0 Å². The number of hydrogen-bond acceptors (Lipinski definition) is 2. The summed E-state index contributed by atoms with van der Waals surface area (Å²) in [5, 5.41) is 9.89. The Morgan fingerprint density at radius 1 is 1.40 bits per heavy atom. The maximum atomic E-state index is 9.89. The summed E-state index contributed by atoms with van der Waals surface area (Å²) in [6, 6.07) is 3.76. The van der Waals surface area contributed by atoms with Gasteiger partial charge in [0.2, 0.25) is 0 Å². The van der Waals surface area contributed by atoms with Crippen LogP contribution in [0.25, 0.3) is 0 Å². The Labute approximate surface area is 99.6 Å². The third-order valence-corrected chi connectivity index (χ3v) is 3.62. The van der Waals surface area contributed by atoms with Gasteiger partial charge in [-0.3, -0.25) is 0 Å². The SMILES string of the molecule is Cc1cc(O)c(C(CN)C(C)C)cc1Br. The number of rotatable bonds is 3. The maximum absolute atomic E-state index is 9.89. The predicted octanol–water partition coefficient (Wildman–Crippen LogP) is 3.16. The third-order valence-electron chi connectivity index (χ3n) is 2.77. The van der Waals surface area contributed by atoms with E-state index in [0.717, 1.165) is 15.6 Å². The molecule has 1 rings (SSSR count). The second-order valence-corrected chi connectivity index (χ2v) is 5.10. The summed E-state index contributed by atoms with van der Waals surface area (Å²) >= 11 is 3.47. The summed E-state index contributed by atoms with van der Waals surface area (Å²) in [5.41, 5.74) is 7.71. The zero-order chi connectivity index (χ0) is 11.6. The summed E-state index contributed by atoms with van der Waals surface area (Å²) in [7, 11) is 0. The summed E-state index contributed by atoms with van der Waals surface area (Å²) in [6.07, 6.45) is 0. The van der Waals surface area contributed by atoms with E-state index >= 15 is 0 Å². The van der Waals surface area contributed by atoms with Crippen molar-refractivity contribution in [1.29, 1.82) is 0 Å². The van der Waals surface area contributed by atoms with Crippen molar-refractivity contribution in [3.63, 3.8) is 0 Å². The smallest absolute Gasteiger partial charge is 0.119 e. The van der Waals surface area contributed by atoms with Crippen LogP contribution in [0, 0.1) is 12.8 Å². The van der Waals surface area contributed by atoms with Crippen molar-refractivity contribution in [3.8, 4) is 5.75 Å². The van der Waals surface area contributed by atoms with Gasteiger partial charge in [0, 0.05) is 10.4 Å². The van der Waals surface area contributed by atoms with Crippen LogP contribution in [0.3, 0.4) is 0 Å². The third kappa shape index (κ3) is 2.73. The first-order chi connectivity index (χ1) is 6.97. The summed E-state index contributed by atoms with van der Waals surface area (Å²) in [6.45, 7) is 6.75. The van der Waals surface area contributed by atoms with Crippen LogP contribution in [0.2, 0.25) is 0 Å². The van der Waals surface area contributed by atoms with Crippen LogP contribution in [0.1, 0.15) is 30.9 Å². The number of benzene rings is 1. The lowest BCUT2D eigenvalue weighted by Crippen LogP contribution is -2.18. The molecule has 3 heteroatoms. The highest BCUT2D eigenvalue weighted by molar-refractivity contribution is 9.10. The molecule has 0 aromatic heterocycles. The van der Waals surface area contributed by atoms with Gasteiger partial charge in [-0.15, -0.1) is 0 Å². The lowest BCUT2D eigenvalue weighted by Gasteiger charge is -2.21. The minimum absolute atomic E-state index is 0.210. The molecule has 0 aliphatic heterocycles. The van der Waals surface area contributed by atoms with E-state index in [2.05, 4.69) is 29.8 Å². The number of nitrogens with two attached hydrogens (primary N) is 1. The molecule has 1 aromatic rings. The molecule has 0 saturated heterocycles. The van der Waals surface area contributed by atoms with Gasteiger partial charge in [0.15, 0.2) is 0 Å². The van der Waals surface area contributed by atoms with Gasteiger partial charge in [0.05, 0.1) is 0 Å². The van der Waals surface area contributed by atoms with Gasteiger partial charge in [-0.1, -0.05) is 29.8 Å². The molecule has 0 aliphatic rings. The number of aryl methyl sites for hydroxylation is 1. The molecule has 1 unspecified atom stereocenters. The van der Waals surface area contributed by atoms with Crippen molar-refractivity contribution >= 4 is 15.9 Å². The Balaban J connectivity index is 3.18. The van der Waals surface area contributed by atoms with Gasteiger partial charge in [-0.05, 0) is 42.6 Å². The first kappa shape index (κ1) is 12.5. The highest BCUT2D eigenvalue weighted by Crippen LogP contribution is 2.34. The zero-order valence-corrected chi connectivity index (χ0v) is 11.0. The fourth-order valence-electron chi connectivity index (χ4n) is 1.74. The minimum Gasteiger partial charge on any atom is -0.508 e. The first-order valence-electron chi connectivity index (χ1n) is 5.16. The van der Waals surface area contributed by atoms with Crippen molar-refractivity contribution in [1.82, 2.24) is 0 Å². The Morgan fingerprint density at radius 2 is 2.00 bits per heavy atom. The molecule has 0 saturated carbocycles. The monoisotopic (exact) mass is 271 g/mol. The van der Waals surface area contributed by atoms with Gasteiger partial charge in [-0.2, -0.15) is 0 Å². The molecule has 0 amide bonds. The molecule has 3 N–H and O–H groups in total. The van der Waals surface area contributed by atoms with E-state index in [1.807, 2.05) is 13.0 Å². The normalized spacial score (nSPS) is 13.2. The molecule has 0 heterocycles. The van der Waals surface area contributed by atoms with Crippen LogP contribution in [0.4, 0.5) is 0 Å². The Bertz CT molecular complexity index is 350. The largest absolute Gasteiger partial charge is 0.508 e. The second kappa shape index (κ2) is 4.99. The Morgan fingerprint density at radius 3 is 2.47 bits per heavy atom. The standard InChI is InChI=1S/C12H18BrNO/c1-7(2)10(6-14)9-5-11(13)8(3)4-12(9)15/h4-5,7,10,15H,6,14H2,1-3H3. The van der Waals surface area contributed by atoms with E-state index in [-0.39, 0.29) is 5.92 Å². The van der Waals surface area contributed by atoms with Gasteiger partial charge in [-0.25, -0.2) is 0 Å². The fraction of sp³-hybridized carbons (Fsp3) is 0.500. The van der Waals surface area contributed by atoms with Crippen molar-refractivity contribution in [3.05, 3.63) is 27.7 Å². The minimum atomic E-state index is 0.210. The number of halogens is 1. The predicted molar refractivity (Wildman–Crippen MR) is 67.2 cm³/mol. The van der Waals surface area contributed by atoms with Crippen LogP contribution in [0.5, 0.6) is 5.75 Å². The van der Waals surface area contributed by atoms with E-state index in [1.165, 1.54) is 0 Å². The van der Waals surface area contributed by atoms with Gasteiger partial charge >= 0.3 is 0 Å². The van der Waals surface area contributed by atoms with Crippen molar-refractivity contribution in [2.75, 3.05) is 6.54 Å². The molecule has 0 aliphatic carbocycles. The summed E-state index contributed by atoms with van der Waals surface area (Å²) in [5.74, 6) is 0.984. The summed E-state index contributed by atoms with van der Waals surface area (Å²) in [4.78, 5) is 0. The number of aromatic hydroxyl groups is 1. The average Bonchev–Trinajstić information content (AvgIpc) is 2.14. The van der Waals surface area contributed by atoms with Crippen LogP contribution in [0.15, 0.2) is 16.6 Å². The lowest BCUT2D eigenvalue weighted by molar-refractivity contribution is 0.437. The van der Waals surface area contributed by atoms with Crippen LogP contribution in [-0.2, 0) is 0 Å². The van der Waals surface area contributed by atoms with Crippen molar-refractivity contribution in [2.24, 2.45) is 11.7 Å². The molecule has 1 atom stereocenters. The molecule has 2 nitrogen and oxygen atoms in total. The topological polar surface area (TPSA) is 46.2 Å². The average molecular weight is 272 g/mol. The van der Waals surface area contributed by atoms with E-state index in [0.29, 0.717) is 18.2 Å². The number of phenols is 1. The number of phenolic OH excluding ortho intramolecular Hbond substituents is 1. The van der Waals surface area contributed by atoms with Crippen LogP contribution < -0.4 is 5.73 Å². The molecule has 0 radical (unpaired) electrons. The molecule has 0 fully saturated rings. The molecule has 15 heavy (non-hydrogen) atoms. The fourth-order valence-corrected chi connectivity index (χ4v) is 2.10. The van der Waals surface area contributed by atoms with Crippen molar-refractivity contribution in [2.45, 2.75) is 26.7 Å². The van der Waals surface area contributed by atoms with E-state index in [9.17, 15) is 5.11 Å². The zero-order valence-electron chi connectivity index (χ0n) is 9.42. The van der Waals surface area contributed by atoms with Gasteiger partial charge in [0.25, 0.3) is 0 Å². The number of hydrogen-bond donors (Lipinski definition) is 2. The molecular formula is C12H18BrNO. The highest BCUT2D eigenvalue weighted by Gasteiger charge is 2.18. The Kier molecular flexibility index (Phi) is 4.17. The molecule has 84 valence electrons. The second-order valence-electron chi connectivity index (χ2n) is 4.25. The van der Waals surface area contributed by atoms with Gasteiger partial charge < -0.3 is 10.8 Å². The molecule has 0 spiro atoms. The lowest BCUT2D eigenvalue weighted by atomic mass is 9.87. The molecular weight excluding hydrogens is 254 g/mol. The molecule has 0 bridgehead atoms. The molecule has 1 aromatic carbocycles. The first-order valence-corrected chi connectivity index (χ1v) is 5.95. The summed E-state index contributed by atoms with van der Waals surface area (Å²) < 4.78 is 1.02. The van der Waals surface area contributed by atoms with Crippen molar-refractivity contribution < 1.29 is 5.11 Å². The van der Waals surface area contributed by atoms with Crippen LogP contribution >= 0.6 is 15.9 Å². The van der Waals surface area contributed by atoms with Gasteiger partial charge in [0.1, 0.15) is 5.75 Å². The Hall–Kier alpha value is -0.540. The highest BCUT2D eigenvalue weighted by atomic mass is 79.9. The van der Waals surface area contributed by atoms with E-state index in [4.69, 9.17) is 5.73 Å².